The Morgan fingerprint density at radius 3 is 2.90 bits per heavy atom. The van der Waals surface area contributed by atoms with E-state index in [1.807, 2.05) is 25.1 Å². The quantitative estimate of drug-likeness (QED) is 0.484. The predicted octanol–water partition coefficient (Wildman–Crippen LogP) is 1.91. The fourth-order valence-electron chi connectivity index (χ4n) is 1.73. The van der Waals surface area contributed by atoms with Crippen LogP contribution >= 0.6 is 11.3 Å². The number of thiazole rings is 1. The summed E-state index contributed by atoms with van der Waals surface area (Å²) >= 11 is 1.57. The number of nitrogens with two attached hydrogens (primary N) is 1. The second-order valence-corrected chi connectivity index (χ2v) is 4.89. The van der Waals surface area contributed by atoms with Gasteiger partial charge in [-0.15, -0.1) is 11.3 Å². The number of ether oxygens (including phenoxy) is 1. The summed E-state index contributed by atoms with van der Waals surface area (Å²) in [7, 11) is 0. The molecule has 3 rings (SSSR count). The van der Waals surface area contributed by atoms with E-state index in [9.17, 15) is 0 Å². The summed E-state index contributed by atoms with van der Waals surface area (Å²) in [6.45, 7) is 2.31. The summed E-state index contributed by atoms with van der Waals surface area (Å²) in [6, 6.07) is 6.02. The number of rotatable bonds is 5. The van der Waals surface area contributed by atoms with E-state index in [1.165, 1.54) is 0 Å². The lowest BCUT2D eigenvalue weighted by Gasteiger charge is -2.08. The summed E-state index contributed by atoms with van der Waals surface area (Å²) in [5, 5.41) is 3.10. The Morgan fingerprint density at radius 1 is 1.24 bits per heavy atom. The topological polar surface area (TPSA) is 111 Å². The molecule has 0 radical (unpaired) electrons. The number of nitrogens with one attached hydrogen (secondary N) is 2. The Bertz CT molecular complexity index is 760. The number of nitrogens with zero attached hydrogens (tertiary/aromatic N) is 4. The van der Waals surface area contributed by atoms with Crippen molar-refractivity contribution in [3.05, 3.63) is 23.7 Å². The highest BCUT2D eigenvalue weighted by Gasteiger charge is 2.07. The van der Waals surface area contributed by atoms with Gasteiger partial charge in [-0.3, -0.25) is 5.43 Å². The SMILES string of the molecule is CCOc1nc(NN)nc(Nc2ccc3ncsc3c2)n1. The van der Waals surface area contributed by atoms with Crippen molar-refractivity contribution in [2.24, 2.45) is 5.84 Å². The average Bonchev–Trinajstić information content (AvgIpc) is 2.95. The zero-order valence-corrected chi connectivity index (χ0v) is 12.0. The molecule has 0 saturated carbocycles. The second-order valence-electron chi connectivity index (χ2n) is 4.00. The lowest BCUT2D eigenvalue weighted by molar-refractivity contribution is 0.312. The van der Waals surface area contributed by atoms with Crippen molar-refractivity contribution in [2.75, 3.05) is 17.3 Å². The van der Waals surface area contributed by atoms with Gasteiger partial charge in [0.1, 0.15) is 0 Å². The van der Waals surface area contributed by atoms with Gasteiger partial charge in [0.2, 0.25) is 11.9 Å². The van der Waals surface area contributed by atoms with Gasteiger partial charge in [0.15, 0.2) is 0 Å². The first kappa shape index (κ1) is 13.5. The standard InChI is InChI=1S/C12H13N7OS/c1-2-20-12-17-10(16-11(18-12)19-13)15-7-3-4-8-9(5-7)21-6-14-8/h3-6H,2,13H2,1H3,(H2,15,16,17,18,19). The van der Waals surface area contributed by atoms with Gasteiger partial charge in [-0.1, -0.05) is 0 Å². The van der Waals surface area contributed by atoms with Crippen LogP contribution in [0.1, 0.15) is 6.92 Å². The molecule has 108 valence electrons. The van der Waals surface area contributed by atoms with E-state index in [4.69, 9.17) is 10.6 Å². The lowest BCUT2D eigenvalue weighted by atomic mass is 10.3. The number of aromatic nitrogens is 4. The van der Waals surface area contributed by atoms with E-state index in [1.54, 1.807) is 16.8 Å². The minimum Gasteiger partial charge on any atom is -0.464 e. The molecule has 0 amide bonds. The first-order valence-corrected chi connectivity index (χ1v) is 7.12. The smallest absolute Gasteiger partial charge is 0.323 e. The van der Waals surface area contributed by atoms with Crippen molar-refractivity contribution in [1.29, 1.82) is 0 Å². The van der Waals surface area contributed by atoms with E-state index >= 15 is 0 Å². The molecule has 0 bridgehead atoms. The van der Waals surface area contributed by atoms with Gasteiger partial charge < -0.3 is 10.1 Å². The van der Waals surface area contributed by atoms with Crippen molar-refractivity contribution < 1.29 is 4.74 Å². The highest BCUT2D eigenvalue weighted by atomic mass is 32.1. The largest absolute Gasteiger partial charge is 0.464 e. The third kappa shape index (κ3) is 2.98. The average molecular weight is 303 g/mol. The van der Waals surface area contributed by atoms with Crippen LogP contribution in [0.3, 0.4) is 0 Å². The van der Waals surface area contributed by atoms with Gasteiger partial charge >= 0.3 is 6.01 Å². The third-order valence-electron chi connectivity index (χ3n) is 2.60. The summed E-state index contributed by atoms with van der Waals surface area (Å²) in [4.78, 5) is 16.5. The zero-order chi connectivity index (χ0) is 14.7. The maximum absolute atomic E-state index is 5.34. The molecule has 8 nitrogen and oxygen atoms in total. The molecule has 3 aromatic rings. The molecule has 0 spiro atoms. The van der Waals surface area contributed by atoms with Crippen molar-refractivity contribution in [2.45, 2.75) is 6.92 Å². The molecule has 0 atom stereocenters. The van der Waals surface area contributed by atoms with Crippen molar-refractivity contribution in [3.63, 3.8) is 0 Å². The molecular weight excluding hydrogens is 290 g/mol. The van der Waals surface area contributed by atoms with E-state index in [-0.39, 0.29) is 12.0 Å². The molecule has 2 heterocycles. The Morgan fingerprint density at radius 2 is 2.10 bits per heavy atom. The van der Waals surface area contributed by atoms with Crippen LogP contribution in [0.4, 0.5) is 17.6 Å². The number of hydrazine groups is 1. The van der Waals surface area contributed by atoms with Gasteiger partial charge in [0.05, 0.1) is 22.3 Å². The molecule has 2 aromatic heterocycles. The second kappa shape index (κ2) is 5.85. The first-order chi connectivity index (χ1) is 10.3. The molecule has 1 aromatic carbocycles. The predicted molar refractivity (Wildman–Crippen MR) is 81.7 cm³/mol. The van der Waals surface area contributed by atoms with Gasteiger partial charge in [-0.05, 0) is 25.1 Å². The van der Waals surface area contributed by atoms with Crippen LogP contribution in [0.2, 0.25) is 0 Å². The maximum Gasteiger partial charge on any atom is 0.323 e. The maximum atomic E-state index is 5.34. The number of hydrogen-bond acceptors (Lipinski definition) is 9. The number of anilines is 3. The molecule has 0 aliphatic carbocycles. The van der Waals surface area contributed by atoms with E-state index in [2.05, 4.69) is 30.7 Å². The molecule has 0 aliphatic rings. The van der Waals surface area contributed by atoms with Crippen LogP contribution in [0.15, 0.2) is 23.7 Å². The number of benzene rings is 1. The van der Waals surface area contributed by atoms with Gasteiger partial charge in [0.25, 0.3) is 0 Å². The molecule has 0 aliphatic heterocycles. The number of nitrogen functional groups attached to an aromatic ring is 1. The van der Waals surface area contributed by atoms with Gasteiger partial charge in [-0.25, -0.2) is 10.8 Å². The highest BCUT2D eigenvalue weighted by Crippen LogP contribution is 2.24. The summed E-state index contributed by atoms with van der Waals surface area (Å²) in [5.41, 5.74) is 6.00. The van der Waals surface area contributed by atoms with Crippen LogP contribution in [-0.2, 0) is 0 Å². The van der Waals surface area contributed by atoms with Crippen molar-refractivity contribution in [1.82, 2.24) is 19.9 Å². The first-order valence-electron chi connectivity index (χ1n) is 6.24. The Balaban J connectivity index is 1.90. The van der Waals surface area contributed by atoms with Crippen molar-refractivity contribution >= 4 is 39.1 Å². The van der Waals surface area contributed by atoms with E-state index in [0.29, 0.717) is 12.6 Å². The van der Waals surface area contributed by atoms with E-state index in [0.717, 1.165) is 15.9 Å². The molecule has 0 saturated heterocycles. The Hall–Kier alpha value is -2.52. The summed E-state index contributed by atoms with van der Waals surface area (Å²) in [5.74, 6) is 5.93. The normalized spacial score (nSPS) is 10.6. The fraction of sp³-hybridized carbons (Fsp3) is 0.167. The molecular formula is C12H13N7OS. The zero-order valence-electron chi connectivity index (χ0n) is 11.2. The third-order valence-corrected chi connectivity index (χ3v) is 3.40. The van der Waals surface area contributed by atoms with E-state index < -0.39 is 0 Å². The molecule has 0 fully saturated rings. The number of fused-ring (bicyclic) bond motifs is 1. The molecule has 4 N–H and O–H groups in total. The van der Waals surface area contributed by atoms with Crippen LogP contribution in [0, 0.1) is 0 Å². The lowest BCUT2D eigenvalue weighted by Crippen LogP contribution is -2.13. The molecule has 9 heteroatoms. The molecule has 0 unspecified atom stereocenters. The summed E-state index contributed by atoms with van der Waals surface area (Å²) < 4.78 is 6.36. The van der Waals surface area contributed by atoms with Crippen LogP contribution in [0.5, 0.6) is 6.01 Å². The fourth-order valence-corrected chi connectivity index (χ4v) is 2.45. The minimum absolute atomic E-state index is 0.210. The van der Waals surface area contributed by atoms with Gasteiger partial charge in [0, 0.05) is 5.69 Å². The summed E-state index contributed by atoms with van der Waals surface area (Å²) in [6.07, 6.45) is 0. The van der Waals surface area contributed by atoms with Crippen LogP contribution in [0.25, 0.3) is 10.2 Å². The highest BCUT2D eigenvalue weighted by molar-refractivity contribution is 7.16. The van der Waals surface area contributed by atoms with Crippen molar-refractivity contribution in [3.8, 4) is 6.01 Å². The van der Waals surface area contributed by atoms with Gasteiger partial charge in [-0.2, -0.15) is 15.0 Å². The Labute approximate surface area is 124 Å². The molecule has 21 heavy (non-hydrogen) atoms. The number of hydrogen-bond donors (Lipinski definition) is 3. The van der Waals surface area contributed by atoms with Crippen LogP contribution in [-0.4, -0.2) is 26.5 Å². The Kier molecular flexibility index (Phi) is 3.75. The van der Waals surface area contributed by atoms with Crippen LogP contribution < -0.4 is 21.3 Å². The minimum atomic E-state index is 0.210. The monoisotopic (exact) mass is 303 g/mol.